The maximum atomic E-state index is 12.3. The molecule has 0 aromatic carbocycles. The fraction of sp³-hybridized carbons (Fsp3) is 0.412. The molecule has 2 heterocycles. The van der Waals surface area contributed by atoms with Gasteiger partial charge >= 0.3 is 0 Å². The highest BCUT2D eigenvalue weighted by Gasteiger charge is 2.34. The fourth-order valence-corrected chi connectivity index (χ4v) is 3.11. The Kier molecular flexibility index (Phi) is 2.82. The number of Topliss-reactive ketones (excluding diaryl/α,β-unsaturated/α-hetero) is 1. The van der Waals surface area contributed by atoms with Gasteiger partial charge in [-0.2, -0.15) is 0 Å². The second-order valence-corrected chi connectivity index (χ2v) is 6.61. The number of aromatic nitrogens is 2. The first kappa shape index (κ1) is 13.1. The first-order chi connectivity index (χ1) is 9.37. The van der Waals surface area contributed by atoms with Crippen molar-refractivity contribution in [3.8, 4) is 5.82 Å². The predicted molar refractivity (Wildman–Crippen MR) is 79.5 cm³/mol. The molecule has 0 saturated carbocycles. The Morgan fingerprint density at radius 3 is 2.65 bits per heavy atom. The number of pyridine rings is 1. The highest BCUT2D eigenvalue weighted by Crippen LogP contribution is 2.37. The highest BCUT2D eigenvalue weighted by atomic mass is 16.1. The number of hydrogen-bond acceptors (Lipinski definition) is 2. The monoisotopic (exact) mass is 268 g/mol. The molecule has 3 nitrogen and oxygen atoms in total. The summed E-state index contributed by atoms with van der Waals surface area (Å²) in [4.78, 5) is 16.8. The average Bonchev–Trinajstić information content (AvgIpc) is 2.64. The molecule has 20 heavy (non-hydrogen) atoms. The standard InChI is InChI=1S/C17H20N2O/c1-11-5-6-18-16(7-11)19-12(2)8-13-14(19)9-17(3,4)10-15(13)20/h5-8H,9-10H2,1-4H3. The Labute approximate surface area is 119 Å². The Balaban J connectivity index is 2.21. The lowest BCUT2D eigenvalue weighted by Gasteiger charge is -2.29. The minimum Gasteiger partial charge on any atom is -0.302 e. The summed E-state index contributed by atoms with van der Waals surface area (Å²) in [5, 5.41) is 0. The van der Waals surface area contributed by atoms with Crippen molar-refractivity contribution in [2.24, 2.45) is 5.41 Å². The molecule has 1 aliphatic carbocycles. The van der Waals surface area contributed by atoms with Crippen molar-refractivity contribution in [1.82, 2.24) is 9.55 Å². The van der Waals surface area contributed by atoms with Gasteiger partial charge in [0.1, 0.15) is 5.82 Å². The molecule has 0 spiro atoms. The van der Waals surface area contributed by atoms with Gasteiger partial charge in [0.2, 0.25) is 0 Å². The molecular weight excluding hydrogens is 248 g/mol. The second kappa shape index (κ2) is 4.30. The zero-order valence-corrected chi connectivity index (χ0v) is 12.5. The molecule has 2 aromatic rings. The number of nitrogens with zero attached hydrogens (tertiary/aromatic N) is 2. The third-order valence-corrected chi connectivity index (χ3v) is 4.00. The zero-order valence-electron chi connectivity index (χ0n) is 12.5. The van der Waals surface area contributed by atoms with Gasteiger partial charge in [-0.3, -0.25) is 4.79 Å². The number of fused-ring (bicyclic) bond motifs is 1. The maximum Gasteiger partial charge on any atom is 0.165 e. The van der Waals surface area contributed by atoms with Crippen LogP contribution in [-0.4, -0.2) is 15.3 Å². The molecule has 104 valence electrons. The van der Waals surface area contributed by atoms with E-state index in [1.165, 1.54) is 5.56 Å². The number of ketones is 1. The van der Waals surface area contributed by atoms with Crippen molar-refractivity contribution < 1.29 is 4.79 Å². The third-order valence-electron chi connectivity index (χ3n) is 4.00. The molecule has 0 amide bonds. The molecule has 0 radical (unpaired) electrons. The summed E-state index contributed by atoms with van der Waals surface area (Å²) >= 11 is 0. The Bertz CT molecular complexity index is 695. The van der Waals surface area contributed by atoms with E-state index in [0.29, 0.717) is 6.42 Å². The molecule has 0 bridgehead atoms. The van der Waals surface area contributed by atoms with Gasteiger partial charge in [-0.25, -0.2) is 4.98 Å². The number of aryl methyl sites for hydroxylation is 2. The smallest absolute Gasteiger partial charge is 0.165 e. The van der Waals surface area contributed by atoms with Crippen molar-refractivity contribution in [2.45, 2.75) is 40.5 Å². The van der Waals surface area contributed by atoms with E-state index in [9.17, 15) is 4.79 Å². The first-order valence-electron chi connectivity index (χ1n) is 7.05. The highest BCUT2D eigenvalue weighted by molar-refractivity contribution is 5.99. The Hall–Kier alpha value is -1.90. The second-order valence-electron chi connectivity index (χ2n) is 6.61. The van der Waals surface area contributed by atoms with Crippen LogP contribution in [0.4, 0.5) is 0 Å². The quantitative estimate of drug-likeness (QED) is 0.791. The summed E-state index contributed by atoms with van der Waals surface area (Å²) in [6, 6.07) is 6.07. The summed E-state index contributed by atoms with van der Waals surface area (Å²) in [5.74, 6) is 1.17. The lowest BCUT2D eigenvalue weighted by molar-refractivity contribution is 0.0911. The topological polar surface area (TPSA) is 34.9 Å². The van der Waals surface area contributed by atoms with Gasteiger partial charge in [0.15, 0.2) is 5.78 Å². The van der Waals surface area contributed by atoms with E-state index in [4.69, 9.17) is 0 Å². The lowest BCUT2D eigenvalue weighted by Crippen LogP contribution is -2.28. The van der Waals surface area contributed by atoms with Gasteiger partial charge < -0.3 is 4.57 Å². The van der Waals surface area contributed by atoms with Gasteiger partial charge in [0.05, 0.1) is 0 Å². The molecule has 0 saturated heterocycles. The summed E-state index contributed by atoms with van der Waals surface area (Å²) in [7, 11) is 0. The largest absolute Gasteiger partial charge is 0.302 e. The van der Waals surface area contributed by atoms with E-state index < -0.39 is 0 Å². The van der Waals surface area contributed by atoms with E-state index in [0.717, 1.165) is 29.2 Å². The van der Waals surface area contributed by atoms with Crippen LogP contribution in [0.3, 0.4) is 0 Å². The minimum atomic E-state index is 0.0243. The van der Waals surface area contributed by atoms with Crippen LogP contribution in [-0.2, 0) is 6.42 Å². The van der Waals surface area contributed by atoms with Gasteiger partial charge in [-0.05, 0) is 49.4 Å². The van der Waals surface area contributed by atoms with Crippen molar-refractivity contribution >= 4 is 5.78 Å². The van der Waals surface area contributed by atoms with Gasteiger partial charge in [0, 0.05) is 29.6 Å². The molecule has 1 aliphatic rings. The summed E-state index contributed by atoms with van der Waals surface area (Å²) in [6.07, 6.45) is 3.37. The SMILES string of the molecule is Cc1ccnc(-n2c(C)cc3c2CC(C)(C)CC3=O)c1. The minimum absolute atomic E-state index is 0.0243. The summed E-state index contributed by atoms with van der Waals surface area (Å²) in [5.41, 5.74) is 4.28. The molecular formula is C17H20N2O. The summed E-state index contributed by atoms with van der Waals surface area (Å²) < 4.78 is 2.14. The third kappa shape index (κ3) is 2.07. The van der Waals surface area contributed by atoms with Crippen LogP contribution >= 0.6 is 0 Å². The van der Waals surface area contributed by atoms with Crippen LogP contribution in [0.2, 0.25) is 0 Å². The van der Waals surface area contributed by atoms with Gasteiger partial charge in [-0.1, -0.05) is 13.8 Å². The van der Waals surface area contributed by atoms with E-state index in [-0.39, 0.29) is 11.2 Å². The van der Waals surface area contributed by atoms with E-state index in [1.54, 1.807) is 0 Å². The van der Waals surface area contributed by atoms with Crippen LogP contribution in [0, 0.1) is 19.3 Å². The number of carbonyl (C=O) groups excluding carboxylic acids is 1. The lowest BCUT2D eigenvalue weighted by atomic mass is 9.76. The average molecular weight is 268 g/mol. The molecule has 0 atom stereocenters. The molecule has 0 N–H and O–H groups in total. The predicted octanol–water partition coefficient (Wildman–Crippen LogP) is 3.64. The van der Waals surface area contributed by atoms with Crippen LogP contribution in [0.15, 0.2) is 24.4 Å². The maximum absolute atomic E-state index is 12.3. The van der Waals surface area contributed by atoms with E-state index in [1.807, 2.05) is 25.3 Å². The zero-order chi connectivity index (χ0) is 14.5. The molecule has 3 heteroatoms. The molecule has 0 unspecified atom stereocenters. The van der Waals surface area contributed by atoms with Crippen molar-refractivity contribution in [1.29, 1.82) is 0 Å². The van der Waals surface area contributed by atoms with Gasteiger partial charge in [-0.15, -0.1) is 0 Å². The number of carbonyl (C=O) groups is 1. The van der Waals surface area contributed by atoms with Crippen molar-refractivity contribution in [3.63, 3.8) is 0 Å². The number of hydrogen-bond donors (Lipinski definition) is 0. The van der Waals surface area contributed by atoms with E-state index in [2.05, 4.69) is 36.4 Å². The summed E-state index contributed by atoms with van der Waals surface area (Å²) in [6.45, 7) is 8.42. The van der Waals surface area contributed by atoms with Crippen LogP contribution in [0.1, 0.15) is 47.6 Å². The number of rotatable bonds is 1. The van der Waals surface area contributed by atoms with Crippen LogP contribution in [0.5, 0.6) is 0 Å². The van der Waals surface area contributed by atoms with E-state index >= 15 is 0 Å². The first-order valence-corrected chi connectivity index (χ1v) is 7.05. The Morgan fingerprint density at radius 2 is 1.95 bits per heavy atom. The molecule has 0 fully saturated rings. The van der Waals surface area contributed by atoms with Crippen LogP contribution in [0.25, 0.3) is 5.82 Å². The van der Waals surface area contributed by atoms with Crippen molar-refractivity contribution in [3.05, 3.63) is 46.9 Å². The van der Waals surface area contributed by atoms with Crippen LogP contribution < -0.4 is 0 Å². The Morgan fingerprint density at radius 1 is 1.20 bits per heavy atom. The molecule has 3 rings (SSSR count). The van der Waals surface area contributed by atoms with Crippen molar-refractivity contribution in [2.75, 3.05) is 0 Å². The normalized spacial score (nSPS) is 17.1. The van der Waals surface area contributed by atoms with Gasteiger partial charge in [0.25, 0.3) is 0 Å². The molecule has 0 aliphatic heterocycles. The molecule has 2 aromatic heterocycles. The fourth-order valence-electron chi connectivity index (χ4n) is 3.11.